The highest BCUT2D eigenvalue weighted by molar-refractivity contribution is 5.89. The number of hydrogen-bond donors (Lipinski definition) is 5. The zero-order valence-electron chi connectivity index (χ0n) is 15.9. The number of nitrogens with one attached hydrogen (secondary N) is 1. The largest absolute Gasteiger partial charge is 0.504 e. The van der Waals surface area contributed by atoms with Gasteiger partial charge in [0.1, 0.15) is 17.5 Å². The third kappa shape index (κ3) is 1.75. The van der Waals surface area contributed by atoms with E-state index in [1.54, 1.807) is 6.07 Å². The first-order chi connectivity index (χ1) is 13.3. The third-order valence-electron chi connectivity index (χ3n) is 8.40. The van der Waals surface area contributed by atoms with Gasteiger partial charge in [0.25, 0.3) is 0 Å². The highest BCUT2D eigenvalue weighted by Crippen LogP contribution is 2.66. The third-order valence-corrected chi connectivity index (χ3v) is 8.40. The number of ether oxygens (including phenoxy) is 1. The van der Waals surface area contributed by atoms with Crippen LogP contribution >= 0.6 is 0 Å². The fraction of sp³-hybridized carbons (Fsp3) is 0.667. The Hall–Kier alpha value is -1.83. The predicted octanol–water partition coefficient (Wildman–Crippen LogP) is 0.590. The molecule has 3 fully saturated rings. The molecule has 5 atom stereocenters. The quantitative estimate of drug-likeness (QED) is 0.383. The monoisotopic (exact) mass is 384 g/mol. The van der Waals surface area contributed by atoms with Gasteiger partial charge in [-0.15, -0.1) is 0 Å². The molecule has 28 heavy (non-hydrogen) atoms. The van der Waals surface area contributed by atoms with Gasteiger partial charge < -0.3 is 26.4 Å². The number of nitrogens with zero attached hydrogens (tertiary/aromatic N) is 1. The highest BCUT2D eigenvalue weighted by Gasteiger charge is 2.75. The van der Waals surface area contributed by atoms with E-state index in [9.17, 15) is 10.2 Å². The molecule has 0 aromatic heterocycles. The van der Waals surface area contributed by atoms with Gasteiger partial charge >= 0.3 is 0 Å². The molecule has 0 amide bonds. The van der Waals surface area contributed by atoms with Crippen LogP contribution in [0.5, 0.6) is 11.5 Å². The molecule has 2 heterocycles. The zero-order chi connectivity index (χ0) is 19.5. The maximum Gasteiger partial charge on any atom is 0.165 e. The first-order valence-electron chi connectivity index (χ1n) is 10.4. The van der Waals surface area contributed by atoms with Crippen LogP contribution in [0.25, 0.3) is 0 Å². The molecule has 5 aliphatic rings. The normalized spacial score (nSPS) is 43.4. The first kappa shape index (κ1) is 17.1. The molecule has 1 aromatic carbocycles. The number of aromatic hydroxyl groups is 1. The molecule has 2 bridgehead atoms. The second-order valence-corrected chi connectivity index (χ2v) is 9.70. The average Bonchev–Trinajstić information content (AvgIpc) is 3.39. The Morgan fingerprint density at radius 1 is 1.29 bits per heavy atom. The molecule has 7 heteroatoms. The van der Waals surface area contributed by atoms with Crippen molar-refractivity contribution < 1.29 is 14.9 Å². The minimum Gasteiger partial charge on any atom is -0.504 e. The lowest BCUT2D eigenvalue weighted by atomic mass is 9.46. The van der Waals surface area contributed by atoms with Crippen molar-refractivity contribution in [3.8, 4) is 11.5 Å². The Bertz CT molecular complexity index is 902. The van der Waals surface area contributed by atoms with Gasteiger partial charge in [0.05, 0.1) is 11.0 Å². The number of amidine groups is 1. The fourth-order valence-electron chi connectivity index (χ4n) is 6.83. The molecule has 3 aliphatic carbocycles. The molecule has 1 unspecified atom stereocenters. The lowest BCUT2D eigenvalue weighted by Crippen LogP contribution is -2.82. The van der Waals surface area contributed by atoms with Gasteiger partial charge in [-0.25, -0.2) is 0 Å². The van der Waals surface area contributed by atoms with Crippen LogP contribution in [-0.2, 0) is 11.8 Å². The van der Waals surface area contributed by atoms with Crippen LogP contribution in [0.4, 0.5) is 0 Å². The molecule has 1 aromatic rings. The molecule has 1 spiro atoms. The molecule has 1 saturated heterocycles. The summed E-state index contributed by atoms with van der Waals surface area (Å²) in [6.45, 7) is 1.90. The van der Waals surface area contributed by atoms with Gasteiger partial charge in [0, 0.05) is 18.2 Å². The van der Waals surface area contributed by atoms with Crippen LogP contribution in [0.15, 0.2) is 12.1 Å². The van der Waals surface area contributed by atoms with E-state index in [0.29, 0.717) is 25.0 Å². The SMILES string of the molecule is N=C(N)[C@]1(N)CC[C@@]2(O)C3Cc4ccc(O)c5c4[C@@]2(CCN3CC2CC2)[C@H]1O5. The van der Waals surface area contributed by atoms with E-state index >= 15 is 0 Å². The average molecular weight is 384 g/mol. The van der Waals surface area contributed by atoms with Gasteiger partial charge in [-0.05, 0) is 62.6 Å². The zero-order valence-corrected chi connectivity index (χ0v) is 15.9. The minimum atomic E-state index is -1.14. The smallest absolute Gasteiger partial charge is 0.165 e. The van der Waals surface area contributed by atoms with Crippen LogP contribution in [-0.4, -0.2) is 57.3 Å². The van der Waals surface area contributed by atoms with Crippen molar-refractivity contribution in [2.24, 2.45) is 17.4 Å². The van der Waals surface area contributed by atoms with Gasteiger partial charge in [-0.2, -0.15) is 0 Å². The lowest BCUT2D eigenvalue weighted by Gasteiger charge is -2.65. The Morgan fingerprint density at radius 2 is 2.07 bits per heavy atom. The van der Waals surface area contributed by atoms with Crippen molar-refractivity contribution in [3.63, 3.8) is 0 Å². The van der Waals surface area contributed by atoms with Crippen molar-refractivity contribution >= 4 is 5.84 Å². The Morgan fingerprint density at radius 3 is 2.79 bits per heavy atom. The Balaban J connectivity index is 1.58. The number of nitrogens with two attached hydrogens (primary N) is 2. The van der Waals surface area contributed by atoms with Crippen molar-refractivity contribution in [3.05, 3.63) is 23.3 Å². The van der Waals surface area contributed by atoms with Gasteiger partial charge in [-0.3, -0.25) is 10.3 Å². The van der Waals surface area contributed by atoms with Crippen molar-refractivity contribution in [2.75, 3.05) is 13.1 Å². The molecule has 0 radical (unpaired) electrons. The van der Waals surface area contributed by atoms with Crippen molar-refractivity contribution in [1.82, 2.24) is 4.90 Å². The van der Waals surface area contributed by atoms with E-state index in [4.69, 9.17) is 21.6 Å². The summed E-state index contributed by atoms with van der Waals surface area (Å²) in [4.78, 5) is 2.48. The van der Waals surface area contributed by atoms with E-state index in [1.165, 1.54) is 12.8 Å². The van der Waals surface area contributed by atoms with E-state index < -0.39 is 22.7 Å². The number of phenols is 1. The number of phenolic OH excluding ortho intramolecular Hbond substituents is 1. The Kier molecular flexibility index (Phi) is 3.05. The number of benzene rings is 1. The summed E-state index contributed by atoms with van der Waals surface area (Å²) < 4.78 is 6.31. The summed E-state index contributed by atoms with van der Waals surface area (Å²) in [5, 5.41) is 31.0. The number of hydrogen-bond acceptors (Lipinski definition) is 6. The van der Waals surface area contributed by atoms with Crippen LogP contribution in [0, 0.1) is 11.3 Å². The van der Waals surface area contributed by atoms with E-state index in [-0.39, 0.29) is 17.6 Å². The molecule has 7 nitrogen and oxygen atoms in total. The molecule has 150 valence electrons. The first-order valence-corrected chi connectivity index (χ1v) is 10.4. The summed E-state index contributed by atoms with van der Waals surface area (Å²) in [7, 11) is 0. The number of piperidine rings is 1. The van der Waals surface area contributed by atoms with Crippen LogP contribution in [0.1, 0.15) is 43.2 Å². The second-order valence-electron chi connectivity index (χ2n) is 9.70. The number of likely N-dealkylation sites (tertiary alicyclic amines) is 1. The number of aliphatic hydroxyl groups is 1. The standard InChI is InChI=1S/C21H28N4O3/c22-18(23)20(24)5-6-21(27)14-9-12-3-4-13(26)16-15(12)19(21,17(20)28-16)7-8-25(14)10-11-1-2-11/h3-4,11,14,17,26-27H,1-2,5-10,24H2,(H3,22,23)/t14?,17-,19+,20+,21-/m1/s1. The van der Waals surface area contributed by atoms with Crippen LogP contribution in [0.2, 0.25) is 0 Å². The van der Waals surface area contributed by atoms with Gasteiger partial charge in [0.2, 0.25) is 0 Å². The topological polar surface area (TPSA) is 129 Å². The number of rotatable bonds is 3. The maximum absolute atomic E-state index is 12.3. The predicted molar refractivity (Wildman–Crippen MR) is 104 cm³/mol. The van der Waals surface area contributed by atoms with E-state index in [0.717, 1.165) is 36.6 Å². The maximum atomic E-state index is 12.3. The summed E-state index contributed by atoms with van der Waals surface area (Å²) in [5.41, 5.74) is 11.8. The van der Waals surface area contributed by atoms with E-state index in [2.05, 4.69) is 4.90 Å². The molecule has 2 aliphatic heterocycles. The molecule has 6 rings (SSSR count). The summed E-state index contributed by atoms with van der Waals surface area (Å²) in [5.74, 6) is 1.16. The van der Waals surface area contributed by atoms with Gasteiger partial charge in [-0.1, -0.05) is 6.07 Å². The van der Waals surface area contributed by atoms with Gasteiger partial charge in [0.15, 0.2) is 11.5 Å². The van der Waals surface area contributed by atoms with Crippen LogP contribution in [0.3, 0.4) is 0 Å². The van der Waals surface area contributed by atoms with E-state index in [1.807, 2.05) is 6.07 Å². The van der Waals surface area contributed by atoms with Crippen molar-refractivity contribution in [2.45, 2.75) is 67.2 Å². The molecular weight excluding hydrogens is 356 g/mol. The molecule has 2 saturated carbocycles. The summed E-state index contributed by atoms with van der Waals surface area (Å²) in [6.07, 6.45) is 4.28. The summed E-state index contributed by atoms with van der Waals surface area (Å²) >= 11 is 0. The lowest BCUT2D eigenvalue weighted by molar-refractivity contribution is -0.195. The molecule has 7 N–H and O–H groups in total. The van der Waals surface area contributed by atoms with Crippen LogP contribution < -0.4 is 16.2 Å². The fourth-order valence-corrected chi connectivity index (χ4v) is 6.83. The minimum absolute atomic E-state index is 0.00690. The summed E-state index contributed by atoms with van der Waals surface area (Å²) in [6, 6.07) is 3.65. The highest BCUT2D eigenvalue weighted by atomic mass is 16.5. The molecular formula is C21H28N4O3. The Labute approximate surface area is 164 Å². The second kappa shape index (κ2) is 5.01. The van der Waals surface area contributed by atoms with Crippen molar-refractivity contribution in [1.29, 1.82) is 5.41 Å².